The van der Waals surface area contributed by atoms with Gasteiger partial charge in [0.1, 0.15) is 12.4 Å². The third-order valence-corrected chi connectivity index (χ3v) is 2.20. The summed E-state index contributed by atoms with van der Waals surface area (Å²) >= 11 is 0. The molecule has 18 heavy (non-hydrogen) atoms. The fraction of sp³-hybridized carbons (Fsp3) is 0.0769. The first kappa shape index (κ1) is 12.0. The molecule has 0 aliphatic heterocycles. The van der Waals surface area contributed by atoms with E-state index in [-0.39, 0.29) is 18.1 Å². The molecule has 0 atom stereocenters. The zero-order valence-corrected chi connectivity index (χ0v) is 9.54. The van der Waals surface area contributed by atoms with Gasteiger partial charge in [-0.2, -0.15) is 5.10 Å². The van der Waals surface area contributed by atoms with Gasteiger partial charge in [0.15, 0.2) is 5.69 Å². The molecule has 0 saturated carbocycles. The molecule has 0 aliphatic rings. The molecule has 0 saturated heterocycles. The van der Waals surface area contributed by atoms with Crippen molar-refractivity contribution in [3.05, 3.63) is 60.7 Å². The molecule has 92 valence electrons. The molecule has 0 amide bonds. The van der Waals surface area contributed by atoms with Crippen LogP contribution in [0.15, 0.2) is 49.2 Å². The highest BCUT2D eigenvalue weighted by Crippen LogP contribution is 2.10. The Balaban J connectivity index is 2.20. The molecule has 0 unspecified atom stereocenters. The third kappa shape index (κ3) is 2.63. The molecule has 5 heteroatoms. The fourth-order valence-corrected chi connectivity index (χ4v) is 1.40. The van der Waals surface area contributed by atoms with Crippen molar-refractivity contribution < 1.29 is 13.9 Å². The van der Waals surface area contributed by atoms with Gasteiger partial charge >= 0.3 is 5.97 Å². The van der Waals surface area contributed by atoms with Crippen molar-refractivity contribution in [1.29, 1.82) is 0 Å². The quantitative estimate of drug-likeness (QED) is 0.614. The van der Waals surface area contributed by atoms with Gasteiger partial charge in [-0.15, -0.1) is 0 Å². The zero-order chi connectivity index (χ0) is 13.0. The van der Waals surface area contributed by atoms with Crippen LogP contribution in [0.5, 0.6) is 0 Å². The van der Waals surface area contributed by atoms with E-state index in [1.165, 1.54) is 29.0 Å². The highest BCUT2D eigenvalue weighted by atomic mass is 19.1. The van der Waals surface area contributed by atoms with Crippen LogP contribution in [0.3, 0.4) is 0 Å². The van der Waals surface area contributed by atoms with Gasteiger partial charge < -0.3 is 4.74 Å². The number of halogens is 1. The van der Waals surface area contributed by atoms with E-state index in [1.54, 1.807) is 18.3 Å². The van der Waals surface area contributed by atoms with Gasteiger partial charge in [-0.3, -0.25) is 0 Å². The second-order valence-electron chi connectivity index (χ2n) is 3.51. The van der Waals surface area contributed by atoms with Crippen molar-refractivity contribution in [1.82, 2.24) is 9.78 Å². The van der Waals surface area contributed by atoms with E-state index in [9.17, 15) is 9.18 Å². The fourth-order valence-electron chi connectivity index (χ4n) is 1.40. The Morgan fingerprint density at radius 1 is 1.50 bits per heavy atom. The van der Waals surface area contributed by atoms with Gasteiger partial charge in [0.05, 0.1) is 5.69 Å². The summed E-state index contributed by atoms with van der Waals surface area (Å²) in [5, 5.41) is 4.02. The van der Waals surface area contributed by atoms with Crippen LogP contribution in [-0.2, 0) is 4.74 Å². The molecule has 0 radical (unpaired) electrons. The highest BCUT2D eigenvalue weighted by molar-refractivity contribution is 5.87. The number of nitrogens with zero attached hydrogens (tertiary/aromatic N) is 2. The smallest absolute Gasteiger partial charge is 0.359 e. The highest BCUT2D eigenvalue weighted by Gasteiger charge is 2.11. The lowest BCUT2D eigenvalue weighted by Crippen LogP contribution is -2.07. The molecule has 1 aromatic heterocycles. The van der Waals surface area contributed by atoms with E-state index in [2.05, 4.69) is 11.7 Å². The lowest BCUT2D eigenvalue weighted by atomic mass is 10.3. The van der Waals surface area contributed by atoms with E-state index in [1.807, 2.05) is 0 Å². The molecule has 4 nitrogen and oxygen atoms in total. The number of esters is 1. The number of ether oxygens (including phenoxy) is 1. The number of carbonyl (C=O) groups is 1. The van der Waals surface area contributed by atoms with Crippen molar-refractivity contribution in [3.63, 3.8) is 0 Å². The summed E-state index contributed by atoms with van der Waals surface area (Å²) in [6, 6.07) is 7.44. The SMILES string of the molecule is C=CCOC(=O)c1ccn(-c2cccc(F)c2)n1. The Labute approximate surface area is 103 Å². The van der Waals surface area contributed by atoms with Gasteiger partial charge in [0.25, 0.3) is 0 Å². The topological polar surface area (TPSA) is 44.1 Å². The number of hydrogen-bond acceptors (Lipinski definition) is 3. The van der Waals surface area contributed by atoms with Gasteiger partial charge in [-0.05, 0) is 24.3 Å². The van der Waals surface area contributed by atoms with E-state index in [0.29, 0.717) is 5.69 Å². The Hall–Kier alpha value is -2.43. The summed E-state index contributed by atoms with van der Waals surface area (Å²) in [4.78, 5) is 11.5. The molecular weight excluding hydrogens is 235 g/mol. The molecule has 2 aromatic rings. The maximum absolute atomic E-state index is 13.0. The Morgan fingerprint density at radius 3 is 3.06 bits per heavy atom. The second-order valence-corrected chi connectivity index (χ2v) is 3.51. The van der Waals surface area contributed by atoms with Crippen molar-refractivity contribution in [2.24, 2.45) is 0 Å². The van der Waals surface area contributed by atoms with Crippen molar-refractivity contribution in [2.45, 2.75) is 0 Å². The number of aromatic nitrogens is 2. The van der Waals surface area contributed by atoms with E-state index in [0.717, 1.165) is 0 Å². The molecule has 0 fully saturated rings. The number of rotatable bonds is 4. The van der Waals surface area contributed by atoms with Crippen molar-refractivity contribution in [3.8, 4) is 5.69 Å². The normalized spacial score (nSPS) is 10.1. The average molecular weight is 246 g/mol. The summed E-state index contributed by atoms with van der Waals surface area (Å²) in [6.07, 6.45) is 3.04. The minimum Gasteiger partial charge on any atom is -0.457 e. The van der Waals surface area contributed by atoms with Crippen LogP contribution in [0.4, 0.5) is 4.39 Å². The van der Waals surface area contributed by atoms with Crippen molar-refractivity contribution in [2.75, 3.05) is 6.61 Å². The van der Waals surface area contributed by atoms with Gasteiger partial charge in [-0.25, -0.2) is 13.9 Å². The van der Waals surface area contributed by atoms with Crippen LogP contribution < -0.4 is 0 Å². The number of carbonyl (C=O) groups excluding carboxylic acids is 1. The molecule has 2 rings (SSSR count). The number of benzene rings is 1. The molecule has 0 aliphatic carbocycles. The van der Waals surface area contributed by atoms with Crippen LogP contribution in [0, 0.1) is 5.82 Å². The maximum atomic E-state index is 13.0. The zero-order valence-electron chi connectivity index (χ0n) is 9.54. The third-order valence-electron chi connectivity index (χ3n) is 2.20. The predicted octanol–water partition coefficient (Wildman–Crippen LogP) is 2.35. The summed E-state index contributed by atoms with van der Waals surface area (Å²) in [5.41, 5.74) is 0.707. The van der Waals surface area contributed by atoms with E-state index in [4.69, 9.17) is 4.74 Å². The largest absolute Gasteiger partial charge is 0.457 e. The minimum atomic E-state index is -0.537. The molecule has 0 N–H and O–H groups in total. The molecule has 1 heterocycles. The van der Waals surface area contributed by atoms with E-state index < -0.39 is 5.97 Å². The Bertz CT molecular complexity index is 578. The van der Waals surface area contributed by atoms with Gasteiger partial charge in [0, 0.05) is 6.20 Å². The minimum absolute atomic E-state index is 0.131. The molecule has 0 spiro atoms. The standard InChI is InChI=1S/C13H11FN2O2/c1-2-8-18-13(17)12-6-7-16(15-12)11-5-3-4-10(14)9-11/h2-7,9H,1,8H2. The van der Waals surface area contributed by atoms with Gasteiger partial charge in [-0.1, -0.05) is 18.7 Å². The average Bonchev–Trinajstić information content (AvgIpc) is 2.85. The predicted molar refractivity (Wildman–Crippen MR) is 64.0 cm³/mol. The maximum Gasteiger partial charge on any atom is 0.359 e. The summed E-state index contributed by atoms with van der Waals surface area (Å²) in [6.45, 7) is 3.57. The monoisotopic (exact) mass is 246 g/mol. The van der Waals surface area contributed by atoms with Crippen molar-refractivity contribution >= 4 is 5.97 Å². The first-order chi connectivity index (χ1) is 8.70. The Kier molecular flexibility index (Phi) is 3.52. The summed E-state index contributed by atoms with van der Waals surface area (Å²) in [7, 11) is 0. The molecular formula is C13H11FN2O2. The lowest BCUT2D eigenvalue weighted by molar-refractivity contribution is 0.0542. The molecule has 0 bridgehead atoms. The first-order valence-corrected chi connectivity index (χ1v) is 5.30. The summed E-state index contributed by atoms with van der Waals surface area (Å²) in [5.74, 6) is -0.899. The van der Waals surface area contributed by atoms with Crippen LogP contribution in [0.2, 0.25) is 0 Å². The second kappa shape index (κ2) is 5.27. The Morgan fingerprint density at radius 2 is 2.33 bits per heavy atom. The molecule has 1 aromatic carbocycles. The lowest BCUT2D eigenvalue weighted by Gasteiger charge is -2.01. The number of hydrogen-bond donors (Lipinski definition) is 0. The summed E-state index contributed by atoms with van der Waals surface area (Å²) < 4.78 is 19.3. The first-order valence-electron chi connectivity index (χ1n) is 5.30. The van der Waals surface area contributed by atoms with Crippen LogP contribution in [0.25, 0.3) is 5.69 Å². The van der Waals surface area contributed by atoms with Crippen LogP contribution in [0.1, 0.15) is 10.5 Å². The van der Waals surface area contributed by atoms with E-state index >= 15 is 0 Å². The van der Waals surface area contributed by atoms with Crippen LogP contribution >= 0.6 is 0 Å². The van der Waals surface area contributed by atoms with Crippen LogP contribution in [-0.4, -0.2) is 22.4 Å². The van der Waals surface area contributed by atoms with Gasteiger partial charge in [0.2, 0.25) is 0 Å².